The molecule has 2 heteroatoms. The molecule has 0 radical (unpaired) electrons. The first kappa shape index (κ1) is 11.4. The molecule has 2 aliphatic rings. The zero-order chi connectivity index (χ0) is 10.5. The minimum atomic E-state index is 0.126. The predicted molar refractivity (Wildman–Crippen MR) is 60.7 cm³/mol. The molecule has 2 fully saturated rings. The molecule has 15 heavy (non-hydrogen) atoms. The van der Waals surface area contributed by atoms with E-state index >= 15 is 0 Å². The largest absolute Gasteiger partial charge is 0.352 e. The molecule has 0 aromatic rings. The van der Waals surface area contributed by atoms with Gasteiger partial charge in [-0.3, -0.25) is 0 Å². The normalized spacial score (nSPS) is 34.2. The Labute approximate surface area is 93.3 Å². The summed E-state index contributed by atoms with van der Waals surface area (Å²) in [4.78, 5) is 0. The van der Waals surface area contributed by atoms with E-state index in [1.807, 2.05) is 0 Å². The molecular weight excluding hydrogens is 188 g/mol. The molecule has 2 nitrogen and oxygen atoms in total. The van der Waals surface area contributed by atoms with E-state index in [-0.39, 0.29) is 6.29 Å². The van der Waals surface area contributed by atoms with Gasteiger partial charge in [0.05, 0.1) is 13.2 Å². The Hall–Kier alpha value is -0.0800. The molecule has 1 saturated heterocycles. The molecule has 1 aliphatic carbocycles. The molecule has 0 bridgehead atoms. The summed E-state index contributed by atoms with van der Waals surface area (Å²) >= 11 is 0. The van der Waals surface area contributed by atoms with Crippen LogP contribution < -0.4 is 0 Å². The third kappa shape index (κ3) is 3.18. The molecule has 1 heterocycles. The third-order valence-corrected chi connectivity index (χ3v) is 3.83. The first-order chi connectivity index (χ1) is 7.40. The summed E-state index contributed by atoms with van der Waals surface area (Å²) in [6, 6.07) is 0. The van der Waals surface area contributed by atoms with Gasteiger partial charge in [0.25, 0.3) is 0 Å². The summed E-state index contributed by atoms with van der Waals surface area (Å²) < 4.78 is 11.4. The summed E-state index contributed by atoms with van der Waals surface area (Å²) in [5.74, 6) is 1.66. The predicted octanol–water partition coefficient (Wildman–Crippen LogP) is 3.36. The summed E-state index contributed by atoms with van der Waals surface area (Å²) in [5, 5.41) is 0. The Morgan fingerprint density at radius 1 is 1.00 bits per heavy atom. The summed E-state index contributed by atoms with van der Waals surface area (Å²) in [5.41, 5.74) is 0. The average molecular weight is 212 g/mol. The number of ether oxygens (including phenoxy) is 2. The summed E-state index contributed by atoms with van der Waals surface area (Å²) in [6.45, 7) is 4.10. The SMILES string of the molecule is CCCC1CCC(C2OCCCO2)CC1. The quantitative estimate of drug-likeness (QED) is 0.714. The smallest absolute Gasteiger partial charge is 0.160 e. The summed E-state index contributed by atoms with van der Waals surface area (Å²) in [6.07, 6.45) is 9.36. The molecule has 0 aromatic carbocycles. The zero-order valence-corrected chi connectivity index (χ0v) is 9.91. The van der Waals surface area contributed by atoms with Crippen LogP contribution in [0.2, 0.25) is 0 Å². The van der Waals surface area contributed by atoms with Gasteiger partial charge in [0, 0.05) is 5.92 Å². The highest BCUT2D eigenvalue weighted by atomic mass is 16.7. The maximum Gasteiger partial charge on any atom is 0.160 e. The number of rotatable bonds is 3. The summed E-state index contributed by atoms with van der Waals surface area (Å²) in [7, 11) is 0. The minimum Gasteiger partial charge on any atom is -0.352 e. The molecule has 0 spiro atoms. The van der Waals surface area contributed by atoms with Gasteiger partial charge in [0.15, 0.2) is 6.29 Å². The minimum absolute atomic E-state index is 0.126. The van der Waals surface area contributed by atoms with Crippen molar-refractivity contribution in [2.75, 3.05) is 13.2 Å². The standard InChI is InChI=1S/C13H24O2/c1-2-4-11-5-7-12(8-6-11)13-14-9-3-10-15-13/h11-13H,2-10H2,1H3. The van der Waals surface area contributed by atoms with Gasteiger partial charge in [-0.15, -0.1) is 0 Å². The van der Waals surface area contributed by atoms with Crippen LogP contribution in [0.5, 0.6) is 0 Å². The van der Waals surface area contributed by atoms with Crippen LogP contribution in [0.15, 0.2) is 0 Å². The second kappa shape index (κ2) is 5.86. The van der Waals surface area contributed by atoms with Gasteiger partial charge in [-0.05, 0) is 38.0 Å². The van der Waals surface area contributed by atoms with Crippen molar-refractivity contribution in [2.45, 2.75) is 58.2 Å². The molecule has 0 N–H and O–H groups in total. The fraction of sp³-hybridized carbons (Fsp3) is 1.00. The Morgan fingerprint density at radius 2 is 1.67 bits per heavy atom. The van der Waals surface area contributed by atoms with Gasteiger partial charge >= 0.3 is 0 Å². The Morgan fingerprint density at radius 3 is 2.27 bits per heavy atom. The fourth-order valence-corrected chi connectivity index (χ4v) is 2.94. The van der Waals surface area contributed by atoms with Gasteiger partial charge in [0.1, 0.15) is 0 Å². The molecular formula is C13H24O2. The van der Waals surface area contributed by atoms with Crippen LogP contribution in [0.3, 0.4) is 0 Å². The molecule has 0 amide bonds. The van der Waals surface area contributed by atoms with Gasteiger partial charge in [-0.1, -0.05) is 19.8 Å². The van der Waals surface area contributed by atoms with E-state index < -0.39 is 0 Å². The van der Waals surface area contributed by atoms with Crippen molar-refractivity contribution in [3.8, 4) is 0 Å². The van der Waals surface area contributed by atoms with E-state index in [0.717, 1.165) is 25.6 Å². The van der Waals surface area contributed by atoms with E-state index in [1.165, 1.54) is 38.5 Å². The topological polar surface area (TPSA) is 18.5 Å². The second-order valence-electron chi connectivity index (χ2n) is 5.03. The lowest BCUT2D eigenvalue weighted by Gasteiger charge is -2.35. The highest BCUT2D eigenvalue weighted by molar-refractivity contribution is 4.75. The molecule has 0 aromatic heterocycles. The fourth-order valence-electron chi connectivity index (χ4n) is 2.94. The zero-order valence-electron chi connectivity index (χ0n) is 9.91. The highest BCUT2D eigenvalue weighted by Gasteiger charge is 2.29. The highest BCUT2D eigenvalue weighted by Crippen LogP contribution is 2.35. The van der Waals surface area contributed by atoms with Crippen LogP contribution in [0.1, 0.15) is 51.9 Å². The molecule has 88 valence electrons. The number of hydrogen-bond acceptors (Lipinski definition) is 2. The van der Waals surface area contributed by atoms with Crippen molar-refractivity contribution in [3.05, 3.63) is 0 Å². The van der Waals surface area contributed by atoms with Gasteiger partial charge in [0.2, 0.25) is 0 Å². The lowest BCUT2D eigenvalue weighted by atomic mass is 9.79. The molecule has 0 atom stereocenters. The monoisotopic (exact) mass is 212 g/mol. The number of hydrogen-bond donors (Lipinski definition) is 0. The second-order valence-corrected chi connectivity index (χ2v) is 5.03. The van der Waals surface area contributed by atoms with Crippen molar-refractivity contribution in [3.63, 3.8) is 0 Å². The first-order valence-electron chi connectivity index (χ1n) is 6.63. The van der Waals surface area contributed by atoms with Crippen LogP contribution in [0.25, 0.3) is 0 Å². The van der Waals surface area contributed by atoms with E-state index in [0.29, 0.717) is 5.92 Å². The molecule has 1 saturated carbocycles. The van der Waals surface area contributed by atoms with E-state index in [4.69, 9.17) is 9.47 Å². The van der Waals surface area contributed by atoms with Gasteiger partial charge in [-0.25, -0.2) is 0 Å². The third-order valence-electron chi connectivity index (χ3n) is 3.83. The van der Waals surface area contributed by atoms with Crippen LogP contribution >= 0.6 is 0 Å². The van der Waals surface area contributed by atoms with Crippen LogP contribution in [0, 0.1) is 11.8 Å². The molecule has 1 aliphatic heterocycles. The maximum atomic E-state index is 5.69. The van der Waals surface area contributed by atoms with Crippen LogP contribution in [-0.4, -0.2) is 19.5 Å². The average Bonchev–Trinajstić information content (AvgIpc) is 2.32. The van der Waals surface area contributed by atoms with Crippen molar-refractivity contribution in [1.82, 2.24) is 0 Å². The first-order valence-corrected chi connectivity index (χ1v) is 6.63. The van der Waals surface area contributed by atoms with Gasteiger partial charge in [-0.2, -0.15) is 0 Å². The Balaban J connectivity index is 1.72. The lowest BCUT2D eigenvalue weighted by Crippen LogP contribution is -2.34. The van der Waals surface area contributed by atoms with Crippen LogP contribution in [-0.2, 0) is 9.47 Å². The molecule has 0 unspecified atom stereocenters. The van der Waals surface area contributed by atoms with Crippen molar-refractivity contribution >= 4 is 0 Å². The van der Waals surface area contributed by atoms with E-state index in [9.17, 15) is 0 Å². The van der Waals surface area contributed by atoms with Crippen LogP contribution in [0.4, 0.5) is 0 Å². The maximum absolute atomic E-state index is 5.69. The van der Waals surface area contributed by atoms with Crippen molar-refractivity contribution in [2.24, 2.45) is 11.8 Å². The van der Waals surface area contributed by atoms with Gasteiger partial charge < -0.3 is 9.47 Å². The Kier molecular flexibility index (Phi) is 4.45. The molecule has 2 rings (SSSR count). The van der Waals surface area contributed by atoms with Crippen molar-refractivity contribution in [1.29, 1.82) is 0 Å². The lowest BCUT2D eigenvalue weighted by molar-refractivity contribution is -0.210. The van der Waals surface area contributed by atoms with Crippen molar-refractivity contribution < 1.29 is 9.47 Å². The van der Waals surface area contributed by atoms with E-state index in [1.54, 1.807) is 0 Å². The Bertz CT molecular complexity index is 167. The van der Waals surface area contributed by atoms with E-state index in [2.05, 4.69) is 6.92 Å².